The van der Waals surface area contributed by atoms with Crippen LogP contribution in [0.1, 0.15) is 34.3 Å². The number of piperidine rings is 1. The summed E-state index contributed by atoms with van der Waals surface area (Å²) in [5.41, 5.74) is 2.78. The van der Waals surface area contributed by atoms with Crippen LogP contribution in [0.5, 0.6) is 0 Å². The van der Waals surface area contributed by atoms with Gasteiger partial charge in [0.05, 0.1) is 11.6 Å². The number of aromatic nitrogens is 1. The van der Waals surface area contributed by atoms with E-state index in [0.717, 1.165) is 38.3 Å². The Kier molecular flexibility index (Phi) is 13.6. The maximum atomic E-state index is 13.4. The van der Waals surface area contributed by atoms with E-state index in [-0.39, 0.29) is 11.5 Å². The lowest BCUT2D eigenvalue weighted by atomic mass is 10.0. The summed E-state index contributed by atoms with van der Waals surface area (Å²) in [4.78, 5) is 39.3. The number of carboxylic acid groups (broad SMARTS) is 2. The highest BCUT2D eigenvalue weighted by molar-refractivity contribution is 6.04. The van der Waals surface area contributed by atoms with Gasteiger partial charge in [-0.05, 0) is 61.9 Å². The summed E-state index contributed by atoms with van der Waals surface area (Å²) in [6, 6.07) is 19.6. The van der Waals surface area contributed by atoms with Crippen molar-refractivity contribution < 1.29 is 55.3 Å². The molecule has 3 aromatic rings. The second kappa shape index (κ2) is 16.9. The van der Waals surface area contributed by atoms with Crippen LogP contribution in [0, 0.1) is 17.1 Å². The first-order valence-corrected chi connectivity index (χ1v) is 13.5. The molecule has 0 radical (unpaired) electrons. The summed E-state index contributed by atoms with van der Waals surface area (Å²) in [6.07, 6.45) is -6.47. The SMILES string of the molecule is CN(Cc1ccc(C#N)cc1)C1CCN(c2cc(NC(=O)c3cccc(F)c3)ccn2)CC1.O=C(O)C(F)(F)F.O=C(O)C(F)(F)F. The quantitative estimate of drug-likeness (QED) is 0.281. The van der Waals surface area contributed by atoms with Crippen molar-refractivity contribution in [3.05, 3.63) is 89.4 Å². The number of benzene rings is 2. The number of aliphatic carboxylic acids is 2. The molecule has 0 unspecified atom stereocenters. The summed E-state index contributed by atoms with van der Waals surface area (Å²) in [6.45, 7) is 2.59. The van der Waals surface area contributed by atoms with E-state index in [1.54, 1.807) is 18.3 Å². The number of anilines is 2. The molecule has 1 amide bonds. The van der Waals surface area contributed by atoms with Gasteiger partial charge in [-0.1, -0.05) is 18.2 Å². The molecule has 3 N–H and O–H groups in total. The van der Waals surface area contributed by atoms with Gasteiger partial charge in [0.15, 0.2) is 0 Å². The van der Waals surface area contributed by atoms with Crippen LogP contribution in [0.2, 0.25) is 0 Å². The number of carbonyl (C=O) groups excluding carboxylic acids is 1. The number of carbonyl (C=O) groups is 3. The predicted molar refractivity (Wildman–Crippen MR) is 154 cm³/mol. The minimum Gasteiger partial charge on any atom is -0.475 e. The zero-order valence-corrected chi connectivity index (χ0v) is 24.5. The largest absolute Gasteiger partial charge is 0.490 e. The molecule has 47 heavy (non-hydrogen) atoms. The molecule has 17 heteroatoms. The van der Waals surface area contributed by atoms with Crippen molar-refractivity contribution in [1.29, 1.82) is 5.26 Å². The molecule has 10 nitrogen and oxygen atoms in total. The Morgan fingerprint density at radius 1 is 0.957 bits per heavy atom. The monoisotopic (exact) mass is 671 g/mol. The van der Waals surface area contributed by atoms with Crippen LogP contribution in [0.15, 0.2) is 66.9 Å². The molecule has 1 aliphatic heterocycles. The van der Waals surface area contributed by atoms with Crippen LogP contribution in [-0.2, 0) is 16.1 Å². The van der Waals surface area contributed by atoms with E-state index < -0.39 is 30.1 Å². The van der Waals surface area contributed by atoms with Gasteiger partial charge in [-0.15, -0.1) is 0 Å². The molecule has 0 aliphatic carbocycles. The summed E-state index contributed by atoms with van der Waals surface area (Å²) in [5, 5.41) is 26.0. The lowest BCUT2D eigenvalue weighted by Crippen LogP contribution is -2.43. The fraction of sp³-hybridized carbons (Fsp3) is 0.300. The maximum Gasteiger partial charge on any atom is 0.490 e. The second-order valence-corrected chi connectivity index (χ2v) is 9.92. The molecule has 4 rings (SSSR count). The normalized spacial score (nSPS) is 13.3. The average molecular weight is 672 g/mol. The van der Waals surface area contributed by atoms with Gasteiger partial charge in [0, 0.05) is 49.2 Å². The molecular formula is C30H28F7N5O5. The predicted octanol–water partition coefficient (Wildman–Crippen LogP) is 5.71. The lowest BCUT2D eigenvalue weighted by Gasteiger charge is -2.37. The first-order chi connectivity index (χ1) is 21.9. The molecule has 252 valence electrons. The van der Waals surface area contributed by atoms with Crippen LogP contribution >= 0.6 is 0 Å². The van der Waals surface area contributed by atoms with E-state index in [9.17, 15) is 35.5 Å². The minimum absolute atomic E-state index is 0.277. The molecule has 1 saturated heterocycles. The van der Waals surface area contributed by atoms with Crippen molar-refractivity contribution in [1.82, 2.24) is 9.88 Å². The van der Waals surface area contributed by atoms with E-state index in [4.69, 9.17) is 25.1 Å². The van der Waals surface area contributed by atoms with E-state index in [1.807, 2.05) is 30.3 Å². The highest BCUT2D eigenvalue weighted by Gasteiger charge is 2.38. The number of carboxylic acids is 2. The molecule has 0 saturated carbocycles. The van der Waals surface area contributed by atoms with E-state index in [2.05, 4.69) is 33.2 Å². The minimum atomic E-state index is -5.08. The summed E-state index contributed by atoms with van der Waals surface area (Å²) >= 11 is 0. The molecule has 2 heterocycles. The number of nitrogens with zero attached hydrogens (tertiary/aromatic N) is 4. The van der Waals surface area contributed by atoms with Crippen molar-refractivity contribution >= 4 is 29.4 Å². The zero-order chi connectivity index (χ0) is 35.4. The van der Waals surface area contributed by atoms with Crippen molar-refractivity contribution in [3.8, 4) is 6.07 Å². The zero-order valence-electron chi connectivity index (χ0n) is 24.5. The van der Waals surface area contributed by atoms with Gasteiger partial charge in [0.1, 0.15) is 11.6 Å². The molecule has 0 atom stereocenters. The summed E-state index contributed by atoms with van der Waals surface area (Å²) in [5.74, 6) is -5.49. The Hall–Kier alpha value is -5.24. The third-order valence-electron chi connectivity index (χ3n) is 6.50. The molecule has 1 fully saturated rings. The van der Waals surface area contributed by atoms with Crippen molar-refractivity contribution in [3.63, 3.8) is 0 Å². The third-order valence-corrected chi connectivity index (χ3v) is 6.50. The van der Waals surface area contributed by atoms with Gasteiger partial charge in [0.25, 0.3) is 5.91 Å². The average Bonchev–Trinajstić information content (AvgIpc) is 3.01. The number of halogens is 7. The van der Waals surface area contributed by atoms with Crippen LogP contribution < -0.4 is 10.2 Å². The summed E-state index contributed by atoms with van der Waals surface area (Å²) in [7, 11) is 2.14. The number of hydrogen-bond donors (Lipinski definition) is 3. The Labute approximate surface area is 263 Å². The topological polar surface area (TPSA) is 147 Å². The molecule has 0 bridgehead atoms. The molecule has 1 aromatic heterocycles. The molecular weight excluding hydrogens is 643 g/mol. The molecule has 2 aromatic carbocycles. The van der Waals surface area contributed by atoms with Gasteiger partial charge in [-0.3, -0.25) is 9.69 Å². The van der Waals surface area contributed by atoms with Crippen LogP contribution in [0.4, 0.5) is 42.2 Å². The first kappa shape index (κ1) is 37.9. The number of rotatable bonds is 6. The maximum absolute atomic E-state index is 13.4. The van der Waals surface area contributed by atoms with Gasteiger partial charge < -0.3 is 20.4 Å². The molecule has 0 spiro atoms. The van der Waals surface area contributed by atoms with Crippen molar-refractivity contribution in [2.24, 2.45) is 0 Å². The number of nitrogens with one attached hydrogen (secondary N) is 1. The van der Waals surface area contributed by atoms with Crippen LogP contribution in [0.3, 0.4) is 0 Å². The fourth-order valence-corrected chi connectivity index (χ4v) is 4.14. The number of pyridine rings is 1. The number of amides is 1. The van der Waals surface area contributed by atoms with Gasteiger partial charge in [-0.2, -0.15) is 31.6 Å². The van der Waals surface area contributed by atoms with Crippen LogP contribution in [-0.4, -0.2) is 76.5 Å². The smallest absolute Gasteiger partial charge is 0.475 e. The van der Waals surface area contributed by atoms with Crippen molar-refractivity contribution in [2.45, 2.75) is 37.8 Å². The van der Waals surface area contributed by atoms with Gasteiger partial charge in [-0.25, -0.2) is 19.0 Å². The standard InChI is InChI=1S/C26H26FN5O.2C2HF3O2/c1-31(18-20-7-5-19(17-28)6-8-20)24-10-13-32(14-11-24)25-16-23(9-12-29-25)30-26(33)21-3-2-4-22(27)15-21;2*3-2(4,5)1(6)7/h2-9,12,15-16,24H,10-11,13-14,18H2,1H3,(H,29,30,33);2*(H,6,7). The Morgan fingerprint density at radius 2 is 1.51 bits per heavy atom. The third kappa shape index (κ3) is 13.0. The van der Waals surface area contributed by atoms with E-state index in [0.29, 0.717) is 17.3 Å². The first-order valence-electron chi connectivity index (χ1n) is 13.5. The van der Waals surface area contributed by atoms with Crippen LogP contribution in [0.25, 0.3) is 0 Å². The molecule has 1 aliphatic rings. The van der Waals surface area contributed by atoms with E-state index in [1.165, 1.54) is 23.8 Å². The Morgan fingerprint density at radius 3 is 2.00 bits per heavy atom. The summed E-state index contributed by atoms with van der Waals surface area (Å²) < 4.78 is 76.9. The Balaban J connectivity index is 0.000000459. The Bertz CT molecular complexity index is 1530. The van der Waals surface area contributed by atoms with E-state index >= 15 is 0 Å². The lowest BCUT2D eigenvalue weighted by molar-refractivity contribution is -0.193. The number of hydrogen-bond acceptors (Lipinski definition) is 7. The number of alkyl halides is 6. The highest BCUT2D eigenvalue weighted by atomic mass is 19.4. The fourth-order valence-electron chi connectivity index (χ4n) is 4.14. The second-order valence-electron chi connectivity index (χ2n) is 9.92. The van der Waals surface area contributed by atoms with Crippen molar-refractivity contribution in [2.75, 3.05) is 30.4 Å². The number of nitriles is 1. The highest BCUT2D eigenvalue weighted by Crippen LogP contribution is 2.24. The van der Waals surface area contributed by atoms with Gasteiger partial charge >= 0.3 is 24.3 Å². The van der Waals surface area contributed by atoms with Gasteiger partial charge in [0.2, 0.25) is 0 Å².